The molecule has 1 spiro atoms. The molecule has 1 N–H and O–H groups in total. The number of hydrogen-bond acceptors (Lipinski definition) is 6. The first kappa shape index (κ1) is 28.3. The molecule has 3 aliphatic rings. The Labute approximate surface area is 229 Å². The number of benzene rings is 1. The molecule has 38 heavy (non-hydrogen) atoms. The van der Waals surface area contributed by atoms with E-state index in [-0.39, 0.29) is 37.5 Å². The van der Waals surface area contributed by atoms with Gasteiger partial charge in [0.2, 0.25) is 5.91 Å². The molecule has 9 heteroatoms. The van der Waals surface area contributed by atoms with E-state index in [1.54, 1.807) is 35.2 Å². The van der Waals surface area contributed by atoms with Crippen molar-refractivity contribution in [3.8, 4) is 0 Å². The number of hydrogen-bond donors (Lipinski definition) is 1. The Hall–Kier alpha value is -2.68. The van der Waals surface area contributed by atoms with Crippen LogP contribution in [0, 0.1) is 17.8 Å². The Morgan fingerprint density at radius 3 is 2.50 bits per heavy atom. The molecule has 3 aliphatic heterocycles. The first-order valence-electron chi connectivity index (χ1n) is 13.2. The molecule has 3 saturated heterocycles. The number of esters is 1. The van der Waals surface area contributed by atoms with Gasteiger partial charge in [-0.2, -0.15) is 0 Å². The summed E-state index contributed by atoms with van der Waals surface area (Å²) in [5.74, 6) is -3.14. The number of carbonyl (C=O) groups excluding carboxylic acids is 3. The fourth-order valence-corrected chi connectivity index (χ4v) is 6.85. The van der Waals surface area contributed by atoms with Crippen molar-refractivity contribution in [1.82, 2.24) is 4.90 Å². The van der Waals surface area contributed by atoms with E-state index in [2.05, 4.69) is 13.2 Å². The second-order valence-corrected chi connectivity index (χ2v) is 11.1. The second kappa shape index (κ2) is 10.8. The minimum Gasteiger partial charge on any atom is -0.461 e. The molecule has 2 amide bonds. The van der Waals surface area contributed by atoms with Crippen LogP contribution in [0.15, 0.2) is 49.6 Å². The maximum absolute atomic E-state index is 14.5. The van der Waals surface area contributed by atoms with Gasteiger partial charge in [0.15, 0.2) is 0 Å². The van der Waals surface area contributed by atoms with Crippen LogP contribution in [-0.4, -0.2) is 70.8 Å². The molecule has 1 aromatic carbocycles. The summed E-state index contributed by atoms with van der Waals surface area (Å²) in [4.78, 5) is 45.3. The number of carbonyl (C=O) groups is 3. The fourth-order valence-electron chi connectivity index (χ4n) is 6.72. The summed E-state index contributed by atoms with van der Waals surface area (Å²) >= 11 is 6.10. The van der Waals surface area contributed by atoms with E-state index < -0.39 is 41.1 Å². The maximum atomic E-state index is 14.5. The summed E-state index contributed by atoms with van der Waals surface area (Å²) in [6, 6.07) is 5.18. The van der Waals surface area contributed by atoms with Gasteiger partial charge in [-0.05, 0) is 49.4 Å². The number of aliphatic hydroxyl groups is 1. The molecular formula is C29H37ClN2O6. The van der Waals surface area contributed by atoms with Crippen molar-refractivity contribution in [2.24, 2.45) is 17.8 Å². The van der Waals surface area contributed by atoms with Crippen molar-refractivity contribution in [3.05, 3.63) is 54.6 Å². The summed E-state index contributed by atoms with van der Waals surface area (Å²) in [5.41, 5.74) is -1.54. The van der Waals surface area contributed by atoms with Gasteiger partial charge in [0.25, 0.3) is 5.91 Å². The van der Waals surface area contributed by atoms with Crippen molar-refractivity contribution in [3.63, 3.8) is 0 Å². The van der Waals surface area contributed by atoms with E-state index in [0.29, 0.717) is 30.0 Å². The highest BCUT2D eigenvalue weighted by atomic mass is 35.5. The second-order valence-electron chi connectivity index (χ2n) is 10.7. The number of nitrogens with zero attached hydrogens (tertiary/aromatic N) is 2. The Morgan fingerprint density at radius 2 is 1.95 bits per heavy atom. The van der Waals surface area contributed by atoms with Crippen LogP contribution in [0.3, 0.4) is 0 Å². The zero-order valence-electron chi connectivity index (χ0n) is 22.3. The van der Waals surface area contributed by atoms with Crippen LogP contribution in [0.25, 0.3) is 0 Å². The molecule has 0 aliphatic carbocycles. The number of amides is 2. The van der Waals surface area contributed by atoms with E-state index in [0.717, 1.165) is 0 Å². The molecule has 2 bridgehead atoms. The molecule has 1 aromatic rings. The van der Waals surface area contributed by atoms with E-state index in [4.69, 9.17) is 21.1 Å². The Kier molecular flexibility index (Phi) is 8.07. The third-order valence-corrected chi connectivity index (χ3v) is 8.73. The zero-order valence-corrected chi connectivity index (χ0v) is 23.0. The molecule has 3 fully saturated rings. The van der Waals surface area contributed by atoms with Gasteiger partial charge in [0, 0.05) is 17.3 Å². The van der Waals surface area contributed by atoms with E-state index in [1.807, 2.05) is 20.8 Å². The van der Waals surface area contributed by atoms with E-state index >= 15 is 0 Å². The van der Waals surface area contributed by atoms with Gasteiger partial charge in [-0.1, -0.05) is 51.1 Å². The normalized spacial score (nSPS) is 30.3. The zero-order chi connectivity index (χ0) is 27.8. The molecule has 206 valence electrons. The van der Waals surface area contributed by atoms with Crippen LogP contribution in [0.5, 0.6) is 0 Å². The van der Waals surface area contributed by atoms with Gasteiger partial charge in [0.05, 0.1) is 24.2 Å². The highest BCUT2D eigenvalue weighted by Crippen LogP contribution is 2.65. The van der Waals surface area contributed by atoms with Gasteiger partial charge in [0.1, 0.15) is 24.2 Å². The summed E-state index contributed by atoms with van der Waals surface area (Å²) in [6.45, 7) is 13.0. The lowest BCUT2D eigenvalue weighted by Gasteiger charge is -2.40. The fraction of sp³-hybridized carbons (Fsp3) is 0.552. The monoisotopic (exact) mass is 544 g/mol. The minimum absolute atomic E-state index is 0.0179. The number of rotatable bonds is 11. The third kappa shape index (κ3) is 4.27. The summed E-state index contributed by atoms with van der Waals surface area (Å²) in [5, 5.41) is 10.9. The lowest BCUT2D eigenvalue weighted by atomic mass is 9.65. The largest absolute Gasteiger partial charge is 0.461 e. The number of likely N-dealkylation sites (tertiary alicyclic amines) is 1. The van der Waals surface area contributed by atoms with Crippen molar-refractivity contribution in [2.75, 3.05) is 24.7 Å². The van der Waals surface area contributed by atoms with Crippen molar-refractivity contribution >= 4 is 35.1 Å². The smallest absolute Gasteiger partial charge is 0.313 e. The quantitative estimate of drug-likeness (QED) is 0.336. The molecule has 0 saturated carbocycles. The topological polar surface area (TPSA) is 96.4 Å². The number of fused-ring (bicyclic) bond motifs is 1. The number of aliphatic hydroxyl groups excluding tert-OH is 1. The average Bonchev–Trinajstić information content (AvgIpc) is 3.50. The molecule has 4 rings (SSSR count). The summed E-state index contributed by atoms with van der Waals surface area (Å²) in [7, 11) is 0. The van der Waals surface area contributed by atoms with Crippen LogP contribution in [-0.2, 0) is 23.9 Å². The highest BCUT2D eigenvalue weighted by molar-refractivity contribution is 6.30. The lowest BCUT2D eigenvalue weighted by Crippen LogP contribution is -2.60. The van der Waals surface area contributed by atoms with Crippen molar-refractivity contribution in [2.45, 2.75) is 63.3 Å². The van der Waals surface area contributed by atoms with Crippen LogP contribution in [0.2, 0.25) is 5.02 Å². The van der Waals surface area contributed by atoms with Crippen LogP contribution in [0.4, 0.5) is 5.69 Å². The molecule has 2 unspecified atom stereocenters. The standard InChI is InChI=1S/C29H37ClN2O6/c1-6-15-31(20-11-9-19(30)10-12-20)26(35)24-29-14-13-28(8-3,38-29)23(27(36)37-16-7-2)22(29)25(34)32(24)21(17-33)18(4)5/h6-7,9-12,18,21-24,33H,1-2,8,13-17H2,3-5H3/t21-,22-,23-,24?,28+,29?/m0/s1. The maximum Gasteiger partial charge on any atom is 0.313 e. The molecule has 0 radical (unpaired) electrons. The van der Waals surface area contributed by atoms with E-state index in [9.17, 15) is 19.5 Å². The number of ether oxygens (including phenoxy) is 2. The number of anilines is 1. The van der Waals surface area contributed by atoms with Crippen molar-refractivity contribution < 1.29 is 29.0 Å². The summed E-state index contributed by atoms with van der Waals surface area (Å²) in [6.07, 6.45) is 4.55. The predicted molar refractivity (Wildman–Crippen MR) is 145 cm³/mol. The average molecular weight is 545 g/mol. The van der Waals surface area contributed by atoms with Gasteiger partial charge < -0.3 is 24.4 Å². The lowest BCUT2D eigenvalue weighted by molar-refractivity contribution is -0.161. The summed E-state index contributed by atoms with van der Waals surface area (Å²) < 4.78 is 12.2. The van der Waals surface area contributed by atoms with Crippen LogP contribution < -0.4 is 4.90 Å². The van der Waals surface area contributed by atoms with Gasteiger partial charge >= 0.3 is 5.97 Å². The Bertz CT molecular complexity index is 1110. The van der Waals surface area contributed by atoms with Crippen LogP contribution in [0.1, 0.15) is 40.0 Å². The van der Waals surface area contributed by atoms with Gasteiger partial charge in [-0.15, -0.1) is 6.58 Å². The van der Waals surface area contributed by atoms with Crippen molar-refractivity contribution in [1.29, 1.82) is 0 Å². The molecule has 0 aromatic heterocycles. The third-order valence-electron chi connectivity index (χ3n) is 8.48. The first-order valence-corrected chi connectivity index (χ1v) is 13.6. The first-order chi connectivity index (χ1) is 18.1. The Balaban J connectivity index is 1.87. The van der Waals surface area contributed by atoms with E-state index in [1.165, 1.54) is 11.0 Å². The molecule has 3 heterocycles. The number of halogens is 1. The van der Waals surface area contributed by atoms with Gasteiger partial charge in [-0.3, -0.25) is 14.4 Å². The molecular weight excluding hydrogens is 508 g/mol. The Morgan fingerprint density at radius 1 is 1.26 bits per heavy atom. The molecule has 6 atom stereocenters. The minimum atomic E-state index is -1.23. The van der Waals surface area contributed by atoms with Crippen LogP contribution >= 0.6 is 11.6 Å². The SMILES string of the molecule is C=CCOC(=O)[C@@H]1[C@H]2C(=O)N([C@@H](CO)C(C)C)C(C(=O)N(CC=C)c3ccc(Cl)cc3)C23CC[C@@]1(CC)O3. The predicted octanol–water partition coefficient (Wildman–Crippen LogP) is 3.76. The highest BCUT2D eigenvalue weighted by Gasteiger charge is 2.79. The molecule has 8 nitrogen and oxygen atoms in total. The van der Waals surface area contributed by atoms with Gasteiger partial charge in [-0.25, -0.2) is 0 Å².